The van der Waals surface area contributed by atoms with E-state index >= 15 is 0 Å². The number of ether oxygens (including phenoxy) is 2. The molecule has 4 nitrogen and oxygen atoms in total. The van der Waals surface area contributed by atoms with Crippen LogP contribution in [0.15, 0.2) is 46.9 Å². The minimum atomic E-state index is -1.04. The molecule has 0 saturated carbocycles. The quantitative estimate of drug-likeness (QED) is 0.882. The fraction of sp³-hybridized carbons (Fsp3) is 0.133. The van der Waals surface area contributed by atoms with Crippen LogP contribution in [0.3, 0.4) is 0 Å². The second kappa shape index (κ2) is 6.43. The highest BCUT2D eigenvalue weighted by Crippen LogP contribution is 2.31. The molecule has 0 saturated heterocycles. The lowest BCUT2D eigenvalue weighted by atomic mass is 10.2. The van der Waals surface area contributed by atoms with Crippen molar-refractivity contribution in [1.82, 2.24) is 0 Å². The molecule has 2 rings (SSSR count). The van der Waals surface area contributed by atoms with Gasteiger partial charge < -0.3 is 14.6 Å². The van der Waals surface area contributed by atoms with Crippen LogP contribution in [0.1, 0.15) is 17.3 Å². The topological polar surface area (TPSA) is 55.8 Å². The first-order valence-corrected chi connectivity index (χ1v) is 6.83. The summed E-state index contributed by atoms with van der Waals surface area (Å²) in [6.45, 7) is 2.50. The van der Waals surface area contributed by atoms with Crippen LogP contribution in [-0.2, 0) is 0 Å². The molecule has 0 atom stereocenters. The van der Waals surface area contributed by atoms with E-state index in [1.807, 2.05) is 6.92 Å². The zero-order chi connectivity index (χ0) is 14.5. The molecule has 0 aliphatic heterocycles. The Kier molecular flexibility index (Phi) is 4.63. The lowest BCUT2D eigenvalue weighted by Gasteiger charge is -2.10. The van der Waals surface area contributed by atoms with E-state index in [0.717, 1.165) is 5.75 Å². The second-order valence-electron chi connectivity index (χ2n) is 3.92. The predicted octanol–water partition coefficient (Wildman–Crippen LogP) is 4.34. The summed E-state index contributed by atoms with van der Waals surface area (Å²) in [5.74, 6) is 0.538. The van der Waals surface area contributed by atoms with Gasteiger partial charge in [-0.25, -0.2) is 4.79 Å². The Morgan fingerprint density at radius 2 is 1.80 bits per heavy atom. The summed E-state index contributed by atoms with van der Waals surface area (Å²) in [5.41, 5.74) is 0.0985. The smallest absolute Gasteiger partial charge is 0.340 e. The van der Waals surface area contributed by atoms with Gasteiger partial charge in [-0.2, -0.15) is 0 Å². The van der Waals surface area contributed by atoms with E-state index in [2.05, 4.69) is 15.9 Å². The van der Waals surface area contributed by atoms with E-state index in [1.54, 1.807) is 42.5 Å². The standard InChI is InChI=1S/C15H13BrO4/c1-2-19-10-6-8-11(9-7-10)20-13-5-3-4-12(16)14(13)15(17)18/h3-9H,2H2,1H3,(H,17,18). The van der Waals surface area contributed by atoms with Crippen LogP contribution in [0.25, 0.3) is 0 Å². The Hall–Kier alpha value is -2.01. The monoisotopic (exact) mass is 336 g/mol. The van der Waals surface area contributed by atoms with Gasteiger partial charge in [-0.1, -0.05) is 6.07 Å². The molecule has 20 heavy (non-hydrogen) atoms. The average Bonchev–Trinajstić information content (AvgIpc) is 2.41. The van der Waals surface area contributed by atoms with Crippen molar-refractivity contribution >= 4 is 21.9 Å². The summed E-state index contributed by atoms with van der Waals surface area (Å²) in [7, 11) is 0. The Labute approximate surface area is 125 Å². The molecule has 5 heteroatoms. The van der Waals surface area contributed by atoms with Crippen LogP contribution in [0.2, 0.25) is 0 Å². The number of carboxylic acid groups (broad SMARTS) is 1. The summed E-state index contributed by atoms with van der Waals surface area (Å²) in [4.78, 5) is 11.2. The van der Waals surface area contributed by atoms with Crippen LogP contribution in [0.4, 0.5) is 0 Å². The van der Waals surface area contributed by atoms with E-state index in [9.17, 15) is 9.90 Å². The van der Waals surface area contributed by atoms with Crippen LogP contribution in [0.5, 0.6) is 17.2 Å². The molecule has 0 aromatic heterocycles. The summed E-state index contributed by atoms with van der Waals surface area (Å²) in [6, 6.07) is 12.0. The molecule has 0 unspecified atom stereocenters. The number of carboxylic acids is 1. The third-order valence-corrected chi connectivity index (χ3v) is 3.21. The highest BCUT2D eigenvalue weighted by molar-refractivity contribution is 9.10. The zero-order valence-corrected chi connectivity index (χ0v) is 12.4. The van der Waals surface area contributed by atoms with Crippen molar-refractivity contribution in [3.63, 3.8) is 0 Å². The molecule has 0 aliphatic carbocycles. The maximum atomic E-state index is 11.2. The molecule has 0 bridgehead atoms. The third-order valence-electron chi connectivity index (χ3n) is 2.55. The van der Waals surface area contributed by atoms with Crippen molar-refractivity contribution in [3.05, 3.63) is 52.5 Å². The molecular formula is C15H13BrO4. The highest BCUT2D eigenvalue weighted by Gasteiger charge is 2.15. The molecule has 0 radical (unpaired) electrons. The zero-order valence-electron chi connectivity index (χ0n) is 10.8. The molecule has 1 N–H and O–H groups in total. The molecule has 0 spiro atoms. The number of halogens is 1. The molecule has 2 aromatic carbocycles. The largest absolute Gasteiger partial charge is 0.494 e. The van der Waals surface area contributed by atoms with Gasteiger partial charge in [0.2, 0.25) is 0 Å². The lowest BCUT2D eigenvalue weighted by Crippen LogP contribution is -2.01. The molecule has 0 heterocycles. The van der Waals surface area contributed by atoms with Crippen molar-refractivity contribution in [2.75, 3.05) is 6.61 Å². The second-order valence-corrected chi connectivity index (χ2v) is 4.78. The van der Waals surface area contributed by atoms with E-state index in [-0.39, 0.29) is 11.3 Å². The van der Waals surface area contributed by atoms with Gasteiger partial charge in [0.05, 0.1) is 6.61 Å². The summed E-state index contributed by atoms with van der Waals surface area (Å²) < 4.78 is 11.4. The minimum absolute atomic E-state index is 0.0985. The van der Waals surface area contributed by atoms with Crippen LogP contribution in [-0.4, -0.2) is 17.7 Å². The first-order valence-electron chi connectivity index (χ1n) is 6.04. The van der Waals surface area contributed by atoms with Gasteiger partial charge in [0, 0.05) is 4.47 Å². The molecule has 0 fully saturated rings. The first kappa shape index (κ1) is 14.4. The summed E-state index contributed by atoms with van der Waals surface area (Å²) >= 11 is 3.21. The fourth-order valence-corrected chi connectivity index (χ4v) is 2.21. The normalized spacial score (nSPS) is 10.1. The van der Waals surface area contributed by atoms with E-state index < -0.39 is 5.97 Å². The minimum Gasteiger partial charge on any atom is -0.494 e. The average molecular weight is 337 g/mol. The maximum absolute atomic E-state index is 11.2. The molecule has 0 aliphatic rings. The van der Waals surface area contributed by atoms with Gasteiger partial charge in [-0.05, 0) is 59.3 Å². The van der Waals surface area contributed by atoms with Gasteiger partial charge in [0.15, 0.2) is 0 Å². The number of hydrogen-bond donors (Lipinski definition) is 1. The summed E-state index contributed by atoms with van der Waals surface area (Å²) in [5, 5.41) is 9.21. The number of hydrogen-bond acceptors (Lipinski definition) is 3. The molecule has 104 valence electrons. The van der Waals surface area contributed by atoms with Crippen LogP contribution >= 0.6 is 15.9 Å². The van der Waals surface area contributed by atoms with E-state index in [1.165, 1.54) is 0 Å². The number of rotatable bonds is 5. The number of carbonyl (C=O) groups is 1. The SMILES string of the molecule is CCOc1ccc(Oc2cccc(Br)c2C(=O)O)cc1. The molecule has 0 amide bonds. The first-order chi connectivity index (χ1) is 9.61. The van der Waals surface area contributed by atoms with Crippen molar-refractivity contribution < 1.29 is 19.4 Å². The van der Waals surface area contributed by atoms with E-state index in [0.29, 0.717) is 16.8 Å². The van der Waals surface area contributed by atoms with Crippen LogP contribution < -0.4 is 9.47 Å². The van der Waals surface area contributed by atoms with Crippen molar-refractivity contribution in [2.45, 2.75) is 6.92 Å². The van der Waals surface area contributed by atoms with Gasteiger partial charge in [0.1, 0.15) is 22.8 Å². The summed E-state index contributed by atoms with van der Waals surface area (Å²) in [6.07, 6.45) is 0. The molecular weight excluding hydrogens is 324 g/mol. The Balaban J connectivity index is 2.26. The van der Waals surface area contributed by atoms with Crippen molar-refractivity contribution in [2.24, 2.45) is 0 Å². The predicted molar refractivity (Wildman–Crippen MR) is 78.8 cm³/mol. The third kappa shape index (κ3) is 3.30. The van der Waals surface area contributed by atoms with E-state index in [4.69, 9.17) is 9.47 Å². The number of aromatic carboxylic acids is 1. The van der Waals surface area contributed by atoms with Gasteiger partial charge in [0.25, 0.3) is 0 Å². The Bertz CT molecular complexity index is 608. The molecule has 2 aromatic rings. The van der Waals surface area contributed by atoms with Crippen molar-refractivity contribution in [3.8, 4) is 17.2 Å². The van der Waals surface area contributed by atoms with Crippen LogP contribution in [0, 0.1) is 0 Å². The van der Waals surface area contributed by atoms with Gasteiger partial charge in [-0.3, -0.25) is 0 Å². The van der Waals surface area contributed by atoms with Gasteiger partial charge in [-0.15, -0.1) is 0 Å². The lowest BCUT2D eigenvalue weighted by molar-refractivity contribution is 0.0693. The fourth-order valence-electron chi connectivity index (χ4n) is 1.69. The Morgan fingerprint density at radius 3 is 2.40 bits per heavy atom. The van der Waals surface area contributed by atoms with Crippen molar-refractivity contribution in [1.29, 1.82) is 0 Å². The maximum Gasteiger partial charge on any atom is 0.340 e. The Morgan fingerprint density at radius 1 is 1.15 bits per heavy atom. The number of benzene rings is 2. The highest BCUT2D eigenvalue weighted by atomic mass is 79.9. The van der Waals surface area contributed by atoms with Gasteiger partial charge >= 0.3 is 5.97 Å².